The lowest BCUT2D eigenvalue weighted by Crippen LogP contribution is -2.14. The van der Waals surface area contributed by atoms with E-state index in [1.54, 1.807) is 10.6 Å². The maximum absolute atomic E-state index is 12.5. The molecular weight excluding hydrogens is 420 g/mol. The SMILES string of the molecule is O=S(=O)(c1nc2ccccc2n1-c1ccccc1)C(Br)Br. The Morgan fingerprint density at radius 2 is 1.57 bits per heavy atom. The Labute approximate surface area is 139 Å². The van der Waals surface area contributed by atoms with Crippen LogP contribution in [0.5, 0.6) is 0 Å². The summed E-state index contributed by atoms with van der Waals surface area (Å²) in [6, 6.07) is 16.7. The zero-order valence-electron chi connectivity index (χ0n) is 10.6. The Balaban J connectivity index is 2.41. The number of fused-ring (bicyclic) bond motifs is 1. The number of nitrogens with zero attached hydrogens (tertiary/aromatic N) is 2. The summed E-state index contributed by atoms with van der Waals surface area (Å²) in [5, 5.41) is 0.00801. The Bertz CT molecular complexity index is 890. The third-order valence-electron chi connectivity index (χ3n) is 3.03. The van der Waals surface area contributed by atoms with Crippen LogP contribution in [0.25, 0.3) is 16.7 Å². The fourth-order valence-electron chi connectivity index (χ4n) is 2.10. The molecule has 0 aliphatic heterocycles. The van der Waals surface area contributed by atoms with Crippen LogP contribution in [0.1, 0.15) is 0 Å². The predicted octanol–water partition coefficient (Wildman–Crippen LogP) is 3.87. The van der Waals surface area contributed by atoms with Crippen molar-refractivity contribution in [2.75, 3.05) is 0 Å². The molecule has 0 aliphatic carbocycles. The van der Waals surface area contributed by atoms with Crippen LogP contribution in [0, 0.1) is 0 Å². The minimum Gasteiger partial charge on any atom is -0.283 e. The lowest BCUT2D eigenvalue weighted by atomic mass is 10.3. The Hall–Kier alpha value is -1.18. The Kier molecular flexibility index (Phi) is 3.90. The molecule has 2 aromatic carbocycles. The average molecular weight is 430 g/mol. The summed E-state index contributed by atoms with van der Waals surface area (Å²) >= 11 is 6.14. The number of benzene rings is 2. The van der Waals surface area contributed by atoms with Gasteiger partial charge in [-0.3, -0.25) is 4.57 Å². The molecule has 4 nitrogen and oxygen atoms in total. The van der Waals surface area contributed by atoms with Gasteiger partial charge in [-0.1, -0.05) is 62.2 Å². The first kappa shape index (κ1) is 14.7. The van der Waals surface area contributed by atoms with Gasteiger partial charge in [0.05, 0.1) is 11.0 Å². The van der Waals surface area contributed by atoms with Crippen molar-refractivity contribution in [2.45, 2.75) is 8.22 Å². The Morgan fingerprint density at radius 1 is 0.952 bits per heavy atom. The van der Waals surface area contributed by atoms with Gasteiger partial charge in [0, 0.05) is 5.69 Å². The van der Waals surface area contributed by atoms with Crippen LogP contribution in [-0.4, -0.2) is 21.0 Å². The molecule has 21 heavy (non-hydrogen) atoms. The van der Waals surface area contributed by atoms with E-state index in [-0.39, 0.29) is 5.16 Å². The summed E-state index contributed by atoms with van der Waals surface area (Å²) in [5.74, 6) is 0. The number of halogens is 2. The van der Waals surface area contributed by atoms with E-state index in [0.29, 0.717) is 5.52 Å². The molecule has 1 heterocycles. The maximum atomic E-state index is 12.5. The number of rotatable bonds is 3. The molecule has 0 bridgehead atoms. The van der Waals surface area contributed by atoms with E-state index in [4.69, 9.17) is 0 Å². The van der Waals surface area contributed by atoms with Gasteiger partial charge in [-0.25, -0.2) is 13.4 Å². The molecule has 0 fully saturated rings. The van der Waals surface area contributed by atoms with Crippen LogP contribution in [0.3, 0.4) is 0 Å². The Morgan fingerprint density at radius 3 is 2.24 bits per heavy atom. The zero-order chi connectivity index (χ0) is 15.0. The number of hydrogen-bond donors (Lipinski definition) is 0. The van der Waals surface area contributed by atoms with Crippen molar-refractivity contribution in [1.82, 2.24) is 9.55 Å². The van der Waals surface area contributed by atoms with E-state index in [0.717, 1.165) is 11.2 Å². The van der Waals surface area contributed by atoms with Crippen molar-refractivity contribution in [3.63, 3.8) is 0 Å². The van der Waals surface area contributed by atoms with Gasteiger partial charge in [0.1, 0.15) is 0 Å². The molecule has 0 radical (unpaired) electrons. The highest BCUT2D eigenvalue weighted by atomic mass is 79.9. The number of hydrogen-bond acceptors (Lipinski definition) is 3. The van der Waals surface area contributed by atoms with Crippen molar-refractivity contribution >= 4 is 52.7 Å². The molecule has 3 aromatic rings. The molecule has 1 aromatic heterocycles. The quantitative estimate of drug-likeness (QED) is 0.593. The molecule has 0 N–H and O–H groups in total. The first-order chi connectivity index (χ1) is 10.0. The highest BCUT2D eigenvalue weighted by molar-refractivity contribution is 9.27. The van der Waals surface area contributed by atoms with Crippen molar-refractivity contribution in [1.29, 1.82) is 0 Å². The van der Waals surface area contributed by atoms with Gasteiger partial charge < -0.3 is 0 Å². The standard InChI is InChI=1S/C14H10Br2N2O2S/c15-13(16)21(19,20)14-17-11-8-4-5-9-12(11)18(14)10-6-2-1-3-7-10/h1-9,13H. The molecule has 0 atom stereocenters. The molecule has 0 saturated heterocycles. The summed E-state index contributed by atoms with van der Waals surface area (Å²) < 4.78 is 25.8. The molecule has 0 unspecified atom stereocenters. The molecule has 7 heteroatoms. The number of alkyl halides is 2. The molecule has 0 spiro atoms. The van der Waals surface area contributed by atoms with Gasteiger partial charge in [0.15, 0.2) is 3.07 Å². The second-order valence-corrected chi connectivity index (χ2v) is 10.6. The molecule has 0 saturated carbocycles. The number of sulfone groups is 1. The highest BCUT2D eigenvalue weighted by Gasteiger charge is 2.29. The fraction of sp³-hybridized carbons (Fsp3) is 0.0714. The normalized spacial score (nSPS) is 12.1. The molecule has 108 valence electrons. The first-order valence-electron chi connectivity index (χ1n) is 6.07. The van der Waals surface area contributed by atoms with Gasteiger partial charge in [-0.2, -0.15) is 0 Å². The third kappa shape index (κ3) is 2.54. The lowest BCUT2D eigenvalue weighted by Gasteiger charge is -2.10. The summed E-state index contributed by atoms with van der Waals surface area (Å²) in [6.45, 7) is 0. The van der Waals surface area contributed by atoms with Crippen LogP contribution < -0.4 is 0 Å². The van der Waals surface area contributed by atoms with Gasteiger partial charge in [-0.05, 0) is 24.3 Å². The van der Waals surface area contributed by atoms with E-state index >= 15 is 0 Å². The molecule has 3 rings (SSSR count). The van der Waals surface area contributed by atoms with Crippen LogP contribution in [-0.2, 0) is 9.84 Å². The minimum absolute atomic E-state index is 0.00801. The van der Waals surface area contributed by atoms with E-state index < -0.39 is 12.9 Å². The second kappa shape index (κ2) is 5.55. The predicted molar refractivity (Wildman–Crippen MR) is 89.9 cm³/mol. The summed E-state index contributed by atoms with van der Waals surface area (Å²) in [7, 11) is -3.63. The minimum atomic E-state index is -3.63. The maximum Gasteiger partial charge on any atom is 0.235 e. The fourth-order valence-corrected chi connectivity index (χ4v) is 3.95. The smallest absolute Gasteiger partial charge is 0.235 e. The number of aromatic nitrogens is 2. The topological polar surface area (TPSA) is 52.0 Å². The molecule has 0 aliphatic rings. The van der Waals surface area contributed by atoms with E-state index in [1.807, 2.05) is 48.5 Å². The van der Waals surface area contributed by atoms with Crippen LogP contribution in [0.15, 0.2) is 59.8 Å². The first-order valence-corrected chi connectivity index (χ1v) is 9.44. The number of para-hydroxylation sites is 3. The van der Waals surface area contributed by atoms with Crippen molar-refractivity contribution < 1.29 is 8.42 Å². The van der Waals surface area contributed by atoms with Crippen LogP contribution in [0.2, 0.25) is 0 Å². The van der Waals surface area contributed by atoms with Gasteiger partial charge in [0.25, 0.3) is 0 Å². The highest BCUT2D eigenvalue weighted by Crippen LogP contribution is 2.30. The van der Waals surface area contributed by atoms with Crippen molar-refractivity contribution in [3.8, 4) is 5.69 Å². The monoisotopic (exact) mass is 428 g/mol. The zero-order valence-corrected chi connectivity index (χ0v) is 14.6. The van der Waals surface area contributed by atoms with Crippen molar-refractivity contribution in [2.24, 2.45) is 0 Å². The van der Waals surface area contributed by atoms with Crippen molar-refractivity contribution in [3.05, 3.63) is 54.6 Å². The van der Waals surface area contributed by atoms with E-state index in [2.05, 4.69) is 36.8 Å². The summed E-state index contributed by atoms with van der Waals surface area (Å²) in [4.78, 5) is 4.30. The molecule has 0 amide bonds. The summed E-state index contributed by atoms with van der Waals surface area (Å²) in [6.07, 6.45) is 0. The van der Waals surface area contributed by atoms with Gasteiger partial charge >= 0.3 is 0 Å². The van der Waals surface area contributed by atoms with Crippen LogP contribution in [0.4, 0.5) is 0 Å². The van der Waals surface area contributed by atoms with E-state index in [9.17, 15) is 8.42 Å². The van der Waals surface area contributed by atoms with E-state index in [1.165, 1.54) is 0 Å². The van der Waals surface area contributed by atoms with Gasteiger partial charge in [0.2, 0.25) is 15.0 Å². The largest absolute Gasteiger partial charge is 0.283 e. The average Bonchev–Trinajstić information content (AvgIpc) is 2.88. The second-order valence-electron chi connectivity index (χ2n) is 4.36. The van der Waals surface area contributed by atoms with Gasteiger partial charge in [-0.15, -0.1) is 0 Å². The molecular formula is C14H10Br2N2O2S. The lowest BCUT2D eigenvalue weighted by molar-refractivity contribution is 0.589. The summed E-state index contributed by atoms with van der Waals surface area (Å²) in [5.41, 5.74) is 2.15. The third-order valence-corrected chi connectivity index (χ3v) is 7.24. The number of imidazole rings is 1. The van der Waals surface area contributed by atoms with Crippen LogP contribution >= 0.6 is 31.9 Å².